The third-order valence-electron chi connectivity index (χ3n) is 3.49. The van der Waals surface area contributed by atoms with Crippen LogP contribution in [-0.2, 0) is 0 Å². The van der Waals surface area contributed by atoms with E-state index in [0.717, 1.165) is 34.7 Å². The number of Topliss-reactive ketones (excluding diaryl/α,β-unsaturated/α-hetero) is 1. The summed E-state index contributed by atoms with van der Waals surface area (Å²) in [5.41, 5.74) is 0.339. The van der Waals surface area contributed by atoms with Crippen molar-refractivity contribution in [3.05, 3.63) is 28.2 Å². The first-order valence-corrected chi connectivity index (χ1v) is 9.05. The van der Waals surface area contributed by atoms with Crippen LogP contribution < -0.4 is 0 Å². The molecule has 1 saturated heterocycles. The molecule has 6 heteroatoms. The molecule has 0 radical (unpaired) electrons. The molecule has 0 bridgehead atoms. The Hall–Kier alpha value is -0.590. The molecule has 0 amide bonds. The van der Waals surface area contributed by atoms with Gasteiger partial charge in [-0.25, -0.2) is 0 Å². The van der Waals surface area contributed by atoms with E-state index in [1.165, 1.54) is 24.2 Å². The van der Waals surface area contributed by atoms with Gasteiger partial charge in [-0.2, -0.15) is 0 Å². The number of rotatable bonds is 3. The molecule has 1 N–H and O–H groups in total. The molecule has 1 fully saturated rings. The van der Waals surface area contributed by atoms with Gasteiger partial charge < -0.3 is 10.0 Å². The molecule has 1 aromatic rings. The number of thioether (sulfide) groups is 1. The van der Waals surface area contributed by atoms with Gasteiger partial charge in [-0.05, 0) is 44.4 Å². The lowest BCUT2D eigenvalue weighted by molar-refractivity contribution is 0.0991. The molecular formula is C15H18BrNO2S2. The van der Waals surface area contributed by atoms with Crippen LogP contribution in [-0.4, -0.2) is 38.4 Å². The molecule has 3 nitrogen and oxygen atoms in total. The van der Waals surface area contributed by atoms with Gasteiger partial charge >= 0.3 is 0 Å². The Morgan fingerprint density at radius 3 is 2.71 bits per heavy atom. The van der Waals surface area contributed by atoms with Gasteiger partial charge in [0.1, 0.15) is 10.1 Å². The highest BCUT2D eigenvalue weighted by atomic mass is 79.9. The summed E-state index contributed by atoms with van der Waals surface area (Å²) in [6, 6.07) is 4.89. The maximum Gasteiger partial charge on any atom is 0.179 e. The third-order valence-corrected chi connectivity index (χ3v) is 5.55. The molecule has 1 aromatic carbocycles. The largest absolute Gasteiger partial charge is 0.507 e. The van der Waals surface area contributed by atoms with E-state index in [2.05, 4.69) is 20.8 Å². The minimum Gasteiger partial charge on any atom is -0.507 e. The maximum atomic E-state index is 12.5. The topological polar surface area (TPSA) is 40.5 Å². The Kier molecular flexibility index (Phi) is 6.08. The molecule has 0 aromatic heterocycles. The van der Waals surface area contributed by atoms with E-state index >= 15 is 0 Å². The summed E-state index contributed by atoms with van der Waals surface area (Å²) in [5, 5.41) is 9.54. The number of phenolic OH excluding ortho intramolecular Hbond substituents is 1. The second-order valence-electron chi connectivity index (χ2n) is 5.10. The number of piperidine rings is 1. The Morgan fingerprint density at radius 1 is 1.38 bits per heavy atom. The number of hydrogen-bond acceptors (Lipinski definition) is 4. The molecule has 0 saturated carbocycles. The normalized spacial score (nSPS) is 16.6. The molecule has 0 aliphatic carbocycles. The Balaban J connectivity index is 2.02. The maximum absolute atomic E-state index is 12.5. The lowest BCUT2D eigenvalue weighted by atomic mass is 10.1. The van der Waals surface area contributed by atoms with Crippen molar-refractivity contribution in [2.24, 2.45) is 0 Å². The fraction of sp³-hybridized carbons (Fsp3) is 0.467. The number of carbonyl (C=O) groups excluding carboxylic acids is 1. The van der Waals surface area contributed by atoms with Crippen molar-refractivity contribution in [2.45, 2.75) is 31.4 Å². The highest BCUT2D eigenvalue weighted by molar-refractivity contribution is 9.10. The van der Waals surface area contributed by atoms with Crippen LogP contribution in [0, 0.1) is 0 Å². The van der Waals surface area contributed by atoms with Crippen molar-refractivity contribution < 1.29 is 9.90 Å². The number of benzene rings is 1. The van der Waals surface area contributed by atoms with Gasteiger partial charge in [-0.15, -0.1) is 0 Å². The number of nitrogens with zero attached hydrogens (tertiary/aromatic N) is 1. The van der Waals surface area contributed by atoms with Crippen molar-refractivity contribution in [1.82, 2.24) is 4.90 Å². The zero-order valence-corrected chi connectivity index (χ0v) is 15.1. The van der Waals surface area contributed by atoms with Crippen molar-refractivity contribution >= 4 is 50.0 Å². The number of thiocarbonyl (C=S) groups is 1. The lowest BCUT2D eigenvalue weighted by Gasteiger charge is -2.29. The summed E-state index contributed by atoms with van der Waals surface area (Å²) in [4.78, 5) is 14.6. The standard InChI is InChI=1S/C15H18BrNO2S2/c1-10(21-15(20)17-7-3-2-4-8-17)14(19)12-9-11(16)5-6-13(12)18/h5-6,9-10,18H,2-4,7-8H2,1H3/t10-/m1/s1. The number of phenols is 1. The molecule has 2 rings (SSSR count). The Bertz CT molecular complexity index is 544. The molecule has 1 heterocycles. The quantitative estimate of drug-likeness (QED) is 0.620. The smallest absolute Gasteiger partial charge is 0.179 e. The average Bonchev–Trinajstić information content (AvgIpc) is 2.49. The van der Waals surface area contributed by atoms with Crippen LogP contribution in [0.15, 0.2) is 22.7 Å². The molecule has 1 aliphatic heterocycles. The van der Waals surface area contributed by atoms with E-state index in [-0.39, 0.29) is 16.8 Å². The predicted molar refractivity (Wildman–Crippen MR) is 95.2 cm³/mol. The van der Waals surface area contributed by atoms with Gasteiger partial charge in [0.05, 0.1) is 10.8 Å². The minimum absolute atomic E-state index is 0.0135. The average molecular weight is 388 g/mol. The summed E-state index contributed by atoms with van der Waals surface area (Å²) >= 11 is 10.2. The second kappa shape index (κ2) is 7.61. The molecule has 21 heavy (non-hydrogen) atoms. The monoisotopic (exact) mass is 387 g/mol. The van der Waals surface area contributed by atoms with Crippen LogP contribution in [0.5, 0.6) is 5.75 Å². The SMILES string of the molecule is C[C@@H](SC(=S)N1CCCCC1)C(=O)c1cc(Br)ccc1O. The number of likely N-dealkylation sites (tertiary alicyclic amines) is 1. The number of hydrogen-bond donors (Lipinski definition) is 1. The number of aromatic hydroxyl groups is 1. The zero-order chi connectivity index (χ0) is 15.4. The summed E-state index contributed by atoms with van der Waals surface area (Å²) in [5.74, 6) is -0.0855. The summed E-state index contributed by atoms with van der Waals surface area (Å²) < 4.78 is 1.56. The van der Waals surface area contributed by atoms with Crippen molar-refractivity contribution in [2.75, 3.05) is 13.1 Å². The van der Waals surface area contributed by atoms with E-state index in [0.29, 0.717) is 5.56 Å². The van der Waals surface area contributed by atoms with Gasteiger partial charge in [-0.1, -0.05) is 39.9 Å². The first-order chi connectivity index (χ1) is 9.99. The Labute approximate surface area is 143 Å². The van der Waals surface area contributed by atoms with E-state index < -0.39 is 0 Å². The minimum atomic E-state index is -0.306. The van der Waals surface area contributed by atoms with Crippen molar-refractivity contribution in [3.63, 3.8) is 0 Å². The van der Waals surface area contributed by atoms with Crippen LogP contribution in [0.25, 0.3) is 0 Å². The van der Waals surface area contributed by atoms with Crippen LogP contribution in [0.1, 0.15) is 36.5 Å². The van der Waals surface area contributed by atoms with E-state index in [4.69, 9.17) is 12.2 Å². The third kappa shape index (κ3) is 4.44. The molecule has 114 valence electrons. The molecule has 0 spiro atoms. The van der Waals surface area contributed by atoms with Gasteiger partial charge in [-0.3, -0.25) is 4.79 Å². The summed E-state index contributed by atoms with van der Waals surface area (Å²) in [7, 11) is 0. The summed E-state index contributed by atoms with van der Waals surface area (Å²) in [6.45, 7) is 3.80. The van der Waals surface area contributed by atoms with Gasteiger partial charge in [0.15, 0.2) is 5.78 Å². The fourth-order valence-electron chi connectivity index (χ4n) is 2.28. The van der Waals surface area contributed by atoms with Crippen molar-refractivity contribution in [1.29, 1.82) is 0 Å². The van der Waals surface area contributed by atoms with Crippen LogP contribution in [0.2, 0.25) is 0 Å². The van der Waals surface area contributed by atoms with E-state index in [1.807, 2.05) is 6.92 Å². The highest BCUT2D eigenvalue weighted by Gasteiger charge is 2.23. The summed E-state index contributed by atoms with van der Waals surface area (Å²) in [6.07, 6.45) is 3.58. The first kappa shape index (κ1) is 16.8. The number of carbonyl (C=O) groups is 1. The van der Waals surface area contributed by atoms with E-state index in [1.54, 1.807) is 12.1 Å². The predicted octanol–water partition coefficient (Wildman–Crippen LogP) is 4.23. The highest BCUT2D eigenvalue weighted by Crippen LogP contribution is 2.28. The van der Waals surface area contributed by atoms with Crippen LogP contribution in [0.4, 0.5) is 0 Å². The van der Waals surface area contributed by atoms with Crippen LogP contribution >= 0.6 is 39.9 Å². The van der Waals surface area contributed by atoms with E-state index in [9.17, 15) is 9.90 Å². The molecular weight excluding hydrogens is 370 g/mol. The lowest BCUT2D eigenvalue weighted by Crippen LogP contribution is -2.34. The molecule has 1 atom stereocenters. The molecule has 0 unspecified atom stereocenters. The van der Waals surface area contributed by atoms with Gasteiger partial charge in [0, 0.05) is 17.6 Å². The van der Waals surface area contributed by atoms with Crippen LogP contribution in [0.3, 0.4) is 0 Å². The first-order valence-electron chi connectivity index (χ1n) is 6.97. The van der Waals surface area contributed by atoms with Gasteiger partial charge in [0.25, 0.3) is 0 Å². The second-order valence-corrected chi connectivity index (χ2v) is 7.99. The van der Waals surface area contributed by atoms with Gasteiger partial charge in [0.2, 0.25) is 0 Å². The van der Waals surface area contributed by atoms with Crippen molar-refractivity contribution in [3.8, 4) is 5.75 Å². The number of halogens is 1. The number of ketones is 1. The Morgan fingerprint density at radius 2 is 2.05 bits per heavy atom. The molecule has 1 aliphatic rings. The zero-order valence-electron chi connectivity index (χ0n) is 11.8. The fourth-order valence-corrected chi connectivity index (χ4v) is 4.13.